The van der Waals surface area contributed by atoms with Crippen LogP contribution in [0.4, 0.5) is 17.1 Å². The summed E-state index contributed by atoms with van der Waals surface area (Å²) in [5.74, 6) is 0. The molecular formula is C58H37NO. The second-order valence-corrected chi connectivity index (χ2v) is 15.6. The van der Waals surface area contributed by atoms with Gasteiger partial charge in [0.1, 0.15) is 11.2 Å². The van der Waals surface area contributed by atoms with E-state index < -0.39 is 0 Å². The highest BCUT2D eigenvalue weighted by atomic mass is 16.3. The fraction of sp³-hybridized carbons (Fsp3) is 0. The summed E-state index contributed by atoms with van der Waals surface area (Å²) < 4.78 is 6.27. The van der Waals surface area contributed by atoms with Crippen LogP contribution in [0.3, 0.4) is 0 Å². The average molecular weight is 764 g/mol. The van der Waals surface area contributed by atoms with Crippen molar-refractivity contribution in [1.29, 1.82) is 0 Å². The molecule has 0 unspecified atom stereocenters. The molecule has 0 aliphatic heterocycles. The molecule has 60 heavy (non-hydrogen) atoms. The maximum Gasteiger partial charge on any atom is 0.136 e. The Bertz CT molecular complexity index is 3600. The van der Waals surface area contributed by atoms with E-state index in [4.69, 9.17) is 4.42 Å². The quantitative estimate of drug-likeness (QED) is 0.157. The van der Waals surface area contributed by atoms with Crippen LogP contribution in [0, 0.1) is 0 Å². The van der Waals surface area contributed by atoms with Crippen molar-refractivity contribution in [1.82, 2.24) is 0 Å². The molecule has 1 aromatic heterocycles. The first-order chi connectivity index (χ1) is 29.7. The zero-order valence-corrected chi connectivity index (χ0v) is 32.7. The van der Waals surface area contributed by atoms with Crippen LogP contribution >= 0.6 is 0 Å². The number of hydrogen-bond donors (Lipinski definition) is 0. The minimum absolute atomic E-state index is 0.900. The molecule has 2 heteroatoms. The van der Waals surface area contributed by atoms with Gasteiger partial charge >= 0.3 is 0 Å². The maximum absolute atomic E-state index is 6.27. The lowest BCUT2D eigenvalue weighted by atomic mass is 9.92. The number of rotatable bonds is 6. The van der Waals surface area contributed by atoms with Gasteiger partial charge in [-0.2, -0.15) is 0 Å². The number of anilines is 3. The molecule has 12 aromatic rings. The molecule has 0 saturated carbocycles. The first-order valence-electron chi connectivity index (χ1n) is 20.6. The Hall–Kier alpha value is -7.94. The van der Waals surface area contributed by atoms with Crippen LogP contribution in [0.5, 0.6) is 0 Å². The molecule has 0 bridgehead atoms. The zero-order valence-electron chi connectivity index (χ0n) is 32.7. The van der Waals surface area contributed by atoms with Gasteiger partial charge in [-0.05, 0) is 137 Å². The summed E-state index contributed by atoms with van der Waals surface area (Å²) in [6, 6.07) is 81.3. The maximum atomic E-state index is 6.27. The van der Waals surface area contributed by atoms with Crippen LogP contribution in [0.25, 0.3) is 98.4 Å². The average Bonchev–Trinajstić information content (AvgIpc) is 3.71. The molecular weight excluding hydrogens is 727 g/mol. The molecule has 11 aromatic carbocycles. The summed E-state index contributed by atoms with van der Waals surface area (Å²) in [7, 11) is 0. The predicted molar refractivity (Wildman–Crippen MR) is 255 cm³/mol. The monoisotopic (exact) mass is 763 g/mol. The first kappa shape index (κ1) is 34.1. The number of fused-ring (bicyclic) bond motifs is 9. The third-order valence-corrected chi connectivity index (χ3v) is 12.2. The Morgan fingerprint density at radius 2 is 0.733 bits per heavy atom. The van der Waals surface area contributed by atoms with Gasteiger partial charge in [0.2, 0.25) is 0 Å². The van der Waals surface area contributed by atoms with Crippen molar-refractivity contribution in [2.45, 2.75) is 0 Å². The molecule has 280 valence electrons. The van der Waals surface area contributed by atoms with Crippen molar-refractivity contribution in [3.63, 3.8) is 0 Å². The van der Waals surface area contributed by atoms with E-state index in [1.54, 1.807) is 0 Å². The summed E-state index contributed by atoms with van der Waals surface area (Å²) in [5.41, 5.74) is 12.2. The Morgan fingerprint density at radius 1 is 0.267 bits per heavy atom. The van der Waals surface area contributed by atoms with Gasteiger partial charge in [-0.1, -0.05) is 164 Å². The van der Waals surface area contributed by atoms with Gasteiger partial charge in [0.05, 0.1) is 0 Å². The van der Waals surface area contributed by atoms with Crippen molar-refractivity contribution < 1.29 is 4.42 Å². The SMILES string of the molecule is c1cc(-c2cc3ccccc3c3ccccc23)cc(N(c2ccc(-c3cc4ccccc4c4ccccc34)cc2)c2ccc(-c3cccc4oc5ccccc5c34)cc2)c1. The zero-order chi connectivity index (χ0) is 39.6. The highest BCUT2D eigenvalue weighted by Gasteiger charge is 2.18. The van der Waals surface area contributed by atoms with E-state index in [2.05, 4.69) is 217 Å². The van der Waals surface area contributed by atoms with E-state index in [1.807, 2.05) is 12.1 Å². The molecule has 0 aliphatic rings. The van der Waals surface area contributed by atoms with E-state index >= 15 is 0 Å². The molecule has 2 nitrogen and oxygen atoms in total. The molecule has 1 heterocycles. The molecule has 0 fully saturated rings. The summed E-state index contributed by atoms with van der Waals surface area (Å²) >= 11 is 0. The highest BCUT2D eigenvalue weighted by Crippen LogP contribution is 2.43. The van der Waals surface area contributed by atoms with E-state index in [9.17, 15) is 0 Å². The van der Waals surface area contributed by atoms with Crippen molar-refractivity contribution >= 4 is 82.1 Å². The van der Waals surface area contributed by atoms with Gasteiger partial charge < -0.3 is 9.32 Å². The number of nitrogens with zero attached hydrogens (tertiary/aromatic N) is 1. The van der Waals surface area contributed by atoms with Gasteiger partial charge in [-0.25, -0.2) is 0 Å². The van der Waals surface area contributed by atoms with Crippen molar-refractivity contribution in [2.24, 2.45) is 0 Å². The third kappa shape index (κ3) is 5.57. The minimum Gasteiger partial charge on any atom is -0.456 e. The Balaban J connectivity index is 1.01. The number of furan rings is 1. The third-order valence-electron chi connectivity index (χ3n) is 12.2. The lowest BCUT2D eigenvalue weighted by molar-refractivity contribution is 0.669. The second-order valence-electron chi connectivity index (χ2n) is 15.6. The lowest BCUT2D eigenvalue weighted by Gasteiger charge is -2.27. The number of benzene rings is 11. The Labute approximate surface area is 347 Å². The van der Waals surface area contributed by atoms with Crippen LogP contribution in [-0.4, -0.2) is 0 Å². The topological polar surface area (TPSA) is 16.4 Å². The molecule has 0 aliphatic carbocycles. The Kier molecular flexibility index (Phi) is 7.89. The van der Waals surface area contributed by atoms with Crippen molar-refractivity contribution in [2.75, 3.05) is 4.90 Å². The Morgan fingerprint density at radius 3 is 1.35 bits per heavy atom. The van der Waals surface area contributed by atoms with E-state index in [0.717, 1.165) is 50.1 Å². The minimum atomic E-state index is 0.900. The summed E-state index contributed by atoms with van der Waals surface area (Å²) in [5, 5.41) is 12.3. The smallest absolute Gasteiger partial charge is 0.136 e. The summed E-state index contributed by atoms with van der Waals surface area (Å²) in [6.07, 6.45) is 0. The molecule has 0 radical (unpaired) electrons. The van der Waals surface area contributed by atoms with Gasteiger partial charge in [-0.15, -0.1) is 0 Å². The normalized spacial score (nSPS) is 11.7. The standard InChI is InChI=1S/C58H37NO/c1-3-17-46-41(13-1)36-54(51-21-7-5-19-49(46)51)39-29-33-44(34-30-39)59(43-31-27-38(28-32-43)48-24-12-26-57-58(48)53-23-9-10-25-56(53)60-57)45-16-11-15-40(35-45)55-37-42-14-2-4-18-47(42)50-20-6-8-22-52(50)55/h1-37H. The largest absolute Gasteiger partial charge is 0.456 e. The number of hydrogen-bond acceptors (Lipinski definition) is 2. The molecule has 0 spiro atoms. The fourth-order valence-corrected chi connectivity index (χ4v) is 9.44. The first-order valence-corrected chi connectivity index (χ1v) is 20.6. The van der Waals surface area contributed by atoms with Gasteiger partial charge in [0, 0.05) is 27.8 Å². The van der Waals surface area contributed by atoms with Crippen molar-refractivity contribution in [3.05, 3.63) is 224 Å². The summed E-state index contributed by atoms with van der Waals surface area (Å²) in [6.45, 7) is 0. The van der Waals surface area contributed by atoms with Crippen LogP contribution in [0.15, 0.2) is 229 Å². The van der Waals surface area contributed by atoms with Crippen LogP contribution < -0.4 is 4.90 Å². The van der Waals surface area contributed by atoms with E-state index in [-0.39, 0.29) is 0 Å². The van der Waals surface area contributed by atoms with Gasteiger partial charge in [-0.3, -0.25) is 0 Å². The van der Waals surface area contributed by atoms with Crippen molar-refractivity contribution in [3.8, 4) is 33.4 Å². The molecule has 0 atom stereocenters. The lowest BCUT2D eigenvalue weighted by Crippen LogP contribution is -2.10. The van der Waals surface area contributed by atoms with Crippen LogP contribution in [0.1, 0.15) is 0 Å². The predicted octanol–water partition coefficient (Wildman–Crippen LogP) is 16.7. The van der Waals surface area contributed by atoms with E-state index in [1.165, 1.54) is 65.3 Å². The number of para-hydroxylation sites is 1. The van der Waals surface area contributed by atoms with E-state index in [0.29, 0.717) is 0 Å². The molecule has 0 saturated heterocycles. The summed E-state index contributed by atoms with van der Waals surface area (Å²) in [4.78, 5) is 2.38. The van der Waals surface area contributed by atoms with Gasteiger partial charge in [0.25, 0.3) is 0 Å². The fourth-order valence-electron chi connectivity index (χ4n) is 9.44. The van der Waals surface area contributed by atoms with Gasteiger partial charge in [0.15, 0.2) is 0 Å². The second kappa shape index (κ2) is 13.9. The molecule has 0 amide bonds. The van der Waals surface area contributed by atoms with Crippen LogP contribution in [-0.2, 0) is 0 Å². The van der Waals surface area contributed by atoms with Crippen LogP contribution in [0.2, 0.25) is 0 Å². The highest BCUT2D eigenvalue weighted by molar-refractivity contribution is 6.15. The molecule has 0 N–H and O–H groups in total. The molecule has 12 rings (SSSR count).